The predicted molar refractivity (Wildman–Crippen MR) is 149 cm³/mol. The van der Waals surface area contributed by atoms with Crippen molar-refractivity contribution in [2.75, 3.05) is 20.6 Å². The van der Waals surface area contributed by atoms with Gasteiger partial charge in [0.1, 0.15) is 5.82 Å². The molecule has 37 heavy (non-hydrogen) atoms. The minimum atomic E-state index is -0.365. The van der Waals surface area contributed by atoms with E-state index in [1.54, 1.807) is 24.3 Å². The zero-order valence-electron chi connectivity index (χ0n) is 21.6. The van der Waals surface area contributed by atoms with E-state index in [0.717, 1.165) is 42.5 Å². The number of nitrogens with zero attached hydrogens (tertiary/aromatic N) is 2. The highest BCUT2D eigenvalue weighted by molar-refractivity contribution is 6.31. The maximum absolute atomic E-state index is 14.3. The maximum atomic E-state index is 14.3. The van der Waals surface area contributed by atoms with Gasteiger partial charge >= 0.3 is 0 Å². The molecular weight excluding hydrogens is 485 g/mol. The molecule has 1 N–H and O–H groups in total. The van der Waals surface area contributed by atoms with Crippen molar-refractivity contribution in [1.82, 2.24) is 14.8 Å². The van der Waals surface area contributed by atoms with Gasteiger partial charge in [-0.1, -0.05) is 54.9 Å². The molecular formula is C31H33ClFN3O. The van der Waals surface area contributed by atoms with Crippen LogP contribution in [-0.4, -0.2) is 41.3 Å². The van der Waals surface area contributed by atoms with E-state index in [4.69, 9.17) is 11.6 Å². The standard InChI is InChI=1S/C31H33ClFN3O/c1-4-31(35(2)3,22-10-8-12-24(33)20-22)17-15-28-29-26(25-13-5-6-14-27(25)34-29)16-18-36(28)30(37)21-9-7-11-23(32)19-21/h5-14,19-20,28,34H,4,15-18H2,1-3H3. The smallest absolute Gasteiger partial charge is 0.254 e. The lowest BCUT2D eigenvalue weighted by Crippen LogP contribution is -2.44. The Morgan fingerprint density at radius 3 is 2.62 bits per heavy atom. The topological polar surface area (TPSA) is 39.3 Å². The number of nitrogens with one attached hydrogen (secondary N) is 1. The Morgan fingerprint density at radius 2 is 1.89 bits per heavy atom. The molecule has 1 aromatic heterocycles. The van der Waals surface area contributed by atoms with E-state index in [-0.39, 0.29) is 23.3 Å². The molecule has 2 unspecified atom stereocenters. The molecule has 4 aromatic rings. The number of H-pyrrole nitrogens is 1. The molecule has 192 valence electrons. The summed E-state index contributed by atoms with van der Waals surface area (Å²) in [6.07, 6.45) is 3.10. The molecule has 0 fully saturated rings. The van der Waals surface area contributed by atoms with Gasteiger partial charge in [0.15, 0.2) is 0 Å². The van der Waals surface area contributed by atoms with Gasteiger partial charge < -0.3 is 9.88 Å². The third-order valence-electron chi connectivity index (χ3n) is 8.13. The summed E-state index contributed by atoms with van der Waals surface area (Å²) in [6.45, 7) is 2.78. The van der Waals surface area contributed by atoms with Crippen molar-refractivity contribution in [2.24, 2.45) is 0 Å². The quantitative estimate of drug-likeness (QED) is 0.278. The monoisotopic (exact) mass is 517 g/mol. The number of aromatic nitrogens is 1. The Hall–Kier alpha value is -3.15. The number of amides is 1. The number of para-hydroxylation sites is 1. The molecule has 0 saturated carbocycles. The molecule has 5 rings (SSSR count). The first-order chi connectivity index (χ1) is 17.8. The van der Waals surface area contributed by atoms with Crippen molar-refractivity contribution in [3.8, 4) is 0 Å². The van der Waals surface area contributed by atoms with Gasteiger partial charge in [0, 0.05) is 39.3 Å². The van der Waals surface area contributed by atoms with Crippen LogP contribution in [0.5, 0.6) is 0 Å². The molecule has 2 heterocycles. The molecule has 3 aromatic carbocycles. The number of hydrogen-bond donors (Lipinski definition) is 1. The Balaban J connectivity index is 1.56. The summed E-state index contributed by atoms with van der Waals surface area (Å²) in [7, 11) is 4.11. The lowest BCUT2D eigenvalue weighted by Gasteiger charge is -2.43. The van der Waals surface area contributed by atoms with Gasteiger partial charge in [-0.3, -0.25) is 9.69 Å². The first-order valence-electron chi connectivity index (χ1n) is 12.9. The van der Waals surface area contributed by atoms with Crippen LogP contribution in [0.3, 0.4) is 0 Å². The highest BCUT2D eigenvalue weighted by Gasteiger charge is 2.38. The van der Waals surface area contributed by atoms with Crippen LogP contribution >= 0.6 is 11.6 Å². The zero-order chi connectivity index (χ0) is 26.2. The highest BCUT2D eigenvalue weighted by atomic mass is 35.5. The van der Waals surface area contributed by atoms with E-state index < -0.39 is 0 Å². The second kappa shape index (κ2) is 10.3. The second-order valence-electron chi connectivity index (χ2n) is 10.2. The third kappa shape index (κ3) is 4.67. The van der Waals surface area contributed by atoms with Crippen LogP contribution in [0, 0.1) is 5.82 Å². The van der Waals surface area contributed by atoms with E-state index >= 15 is 0 Å². The molecule has 0 radical (unpaired) electrons. The minimum absolute atomic E-state index is 0.0190. The van der Waals surface area contributed by atoms with Gasteiger partial charge in [-0.25, -0.2) is 4.39 Å². The summed E-state index contributed by atoms with van der Waals surface area (Å²) in [5.41, 5.74) is 4.67. The largest absolute Gasteiger partial charge is 0.356 e. The maximum Gasteiger partial charge on any atom is 0.254 e. The molecule has 0 aliphatic carbocycles. The van der Waals surface area contributed by atoms with E-state index in [1.807, 2.05) is 29.2 Å². The van der Waals surface area contributed by atoms with Crippen LogP contribution in [0.25, 0.3) is 10.9 Å². The fourth-order valence-corrected chi connectivity index (χ4v) is 6.32. The van der Waals surface area contributed by atoms with Crippen LogP contribution in [-0.2, 0) is 12.0 Å². The normalized spacial score (nSPS) is 17.1. The number of aromatic amines is 1. The van der Waals surface area contributed by atoms with E-state index in [1.165, 1.54) is 17.0 Å². The van der Waals surface area contributed by atoms with Crippen molar-refractivity contribution in [3.63, 3.8) is 0 Å². The van der Waals surface area contributed by atoms with Crippen molar-refractivity contribution < 1.29 is 9.18 Å². The summed E-state index contributed by atoms with van der Waals surface area (Å²) in [5.74, 6) is -0.250. The number of halogens is 2. The first-order valence-corrected chi connectivity index (χ1v) is 13.3. The fourth-order valence-electron chi connectivity index (χ4n) is 6.13. The summed E-state index contributed by atoms with van der Waals surface area (Å²) < 4.78 is 14.3. The number of fused-ring (bicyclic) bond motifs is 3. The van der Waals surface area contributed by atoms with Crippen molar-refractivity contribution >= 4 is 28.4 Å². The fraction of sp³-hybridized carbons (Fsp3) is 0.323. The van der Waals surface area contributed by atoms with Gasteiger partial charge in [0.25, 0.3) is 5.91 Å². The number of benzene rings is 3. The Kier molecular flexibility index (Phi) is 7.11. The van der Waals surface area contributed by atoms with Crippen LogP contribution in [0.4, 0.5) is 4.39 Å². The Labute approximate surface area is 223 Å². The van der Waals surface area contributed by atoms with E-state index in [9.17, 15) is 9.18 Å². The zero-order valence-corrected chi connectivity index (χ0v) is 22.4. The first kappa shape index (κ1) is 25.5. The molecule has 0 bridgehead atoms. The van der Waals surface area contributed by atoms with Crippen LogP contribution in [0.15, 0.2) is 72.8 Å². The molecule has 6 heteroatoms. The van der Waals surface area contributed by atoms with Crippen molar-refractivity contribution in [1.29, 1.82) is 0 Å². The van der Waals surface area contributed by atoms with Gasteiger partial charge in [-0.2, -0.15) is 0 Å². The van der Waals surface area contributed by atoms with Gasteiger partial charge in [-0.15, -0.1) is 0 Å². The Bertz CT molecular complexity index is 1430. The van der Waals surface area contributed by atoms with Crippen LogP contribution in [0.1, 0.15) is 59.4 Å². The third-order valence-corrected chi connectivity index (χ3v) is 8.36. The van der Waals surface area contributed by atoms with E-state index in [2.05, 4.69) is 49.1 Å². The van der Waals surface area contributed by atoms with Crippen molar-refractivity contribution in [2.45, 2.75) is 44.2 Å². The number of rotatable bonds is 7. The summed E-state index contributed by atoms with van der Waals surface area (Å²) in [5, 5.41) is 1.77. The number of carbonyl (C=O) groups excluding carboxylic acids is 1. The molecule has 2 atom stereocenters. The summed E-state index contributed by atoms with van der Waals surface area (Å²) in [6, 6.07) is 22.3. The lowest BCUT2D eigenvalue weighted by molar-refractivity contribution is 0.0592. The predicted octanol–water partition coefficient (Wildman–Crippen LogP) is 7.35. The second-order valence-corrected chi connectivity index (χ2v) is 10.6. The van der Waals surface area contributed by atoms with Crippen molar-refractivity contribution in [3.05, 3.63) is 106 Å². The van der Waals surface area contributed by atoms with Gasteiger partial charge in [-0.05, 0) is 87.3 Å². The van der Waals surface area contributed by atoms with Gasteiger partial charge in [0.2, 0.25) is 0 Å². The molecule has 1 aliphatic heterocycles. The average Bonchev–Trinajstić information content (AvgIpc) is 3.28. The summed E-state index contributed by atoms with van der Waals surface area (Å²) in [4.78, 5) is 21.7. The highest BCUT2D eigenvalue weighted by Crippen LogP contribution is 2.42. The molecule has 0 spiro atoms. The Morgan fingerprint density at radius 1 is 1.11 bits per heavy atom. The molecule has 1 amide bonds. The van der Waals surface area contributed by atoms with Crippen LogP contribution < -0.4 is 0 Å². The number of hydrogen-bond acceptors (Lipinski definition) is 2. The average molecular weight is 518 g/mol. The number of carbonyl (C=O) groups is 1. The lowest BCUT2D eigenvalue weighted by atomic mass is 9.79. The van der Waals surface area contributed by atoms with Crippen LogP contribution in [0.2, 0.25) is 5.02 Å². The molecule has 0 saturated heterocycles. The van der Waals surface area contributed by atoms with Gasteiger partial charge in [0.05, 0.1) is 6.04 Å². The summed E-state index contributed by atoms with van der Waals surface area (Å²) >= 11 is 6.24. The molecule has 4 nitrogen and oxygen atoms in total. The minimum Gasteiger partial charge on any atom is -0.356 e. The SMILES string of the molecule is CCC(CCC1c2[nH]c3ccccc3c2CCN1C(=O)c1cccc(Cl)c1)(c1cccc(F)c1)N(C)C. The van der Waals surface area contributed by atoms with E-state index in [0.29, 0.717) is 17.1 Å². The molecule has 1 aliphatic rings.